The minimum atomic E-state index is 0.00270. The summed E-state index contributed by atoms with van der Waals surface area (Å²) in [5.41, 5.74) is 9.15. The quantitative estimate of drug-likeness (QED) is 0.908. The van der Waals surface area contributed by atoms with Crippen LogP contribution in [0.25, 0.3) is 0 Å². The van der Waals surface area contributed by atoms with Crippen molar-refractivity contribution in [3.63, 3.8) is 0 Å². The highest BCUT2D eigenvalue weighted by atomic mass is 79.9. The third-order valence-corrected chi connectivity index (χ3v) is 4.42. The summed E-state index contributed by atoms with van der Waals surface area (Å²) in [6.07, 6.45) is 0.884. The van der Waals surface area contributed by atoms with Gasteiger partial charge in [-0.1, -0.05) is 25.1 Å². The zero-order chi connectivity index (χ0) is 14.7. The summed E-state index contributed by atoms with van der Waals surface area (Å²) in [4.78, 5) is 0. The molecule has 0 amide bonds. The lowest BCUT2D eigenvalue weighted by atomic mass is 10.0. The van der Waals surface area contributed by atoms with E-state index < -0.39 is 0 Å². The molecular formula is C15H20BrN3O. The molecule has 20 heavy (non-hydrogen) atoms. The molecule has 5 heteroatoms. The lowest BCUT2D eigenvalue weighted by Crippen LogP contribution is -2.11. The SMILES string of the molecule is CC[C@@H](N)c1ccccc1OCc1c(Br)c(C)nn1C. The predicted octanol–water partition coefficient (Wildman–Crippen LogP) is 3.48. The number of aromatic nitrogens is 2. The van der Waals surface area contributed by atoms with Gasteiger partial charge in [-0.2, -0.15) is 5.10 Å². The molecule has 4 nitrogen and oxygen atoms in total. The van der Waals surface area contributed by atoms with E-state index in [4.69, 9.17) is 10.5 Å². The molecule has 0 aliphatic rings. The summed E-state index contributed by atoms with van der Waals surface area (Å²) < 4.78 is 8.78. The van der Waals surface area contributed by atoms with Crippen molar-refractivity contribution in [3.8, 4) is 5.75 Å². The number of ether oxygens (including phenoxy) is 1. The van der Waals surface area contributed by atoms with Crippen LogP contribution >= 0.6 is 15.9 Å². The first-order valence-corrected chi connectivity index (χ1v) is 7.49. The van der Waals surface area contributed by atoms with E-state index in [2.05, 4.69) is 28.0 Å². The van der Waals surface area contributed by atoms with Crippen LogP contribution in [0.5, 0.6) is 5.75 Å². The van der Waals surface area contributed by atoms with Crippen molar-refractivity contribution < 1.29 is 4.74 Å². The Balaban J connectivity index is 2.19. The van der Waals surface area contributed by atoms with Crippen LogP contribution in [0.2, 0.25) is 0 Å². The van der Waals surface area contributed by atoms with Gasteiger partial charge in [0.15, 0.2) is 0 Å². The Hall–Kier alpha value is -1.33. The lowest BCUT2D eigenvalue weighted by molar-refractivity contribution is 0.289. The molecule has 0 aliphatic heterocycles. The van der Waals surface area contributed by atoms with Crippen molar-refractivity contribution in [2.75, 3.05) is 0 Å². The molecule has 1 aromatic heterocycles. The van der Waals surface area contributed by atoms with Crippen molar-refractivity contribution >= 4 is 15.9 Å². The Morgan fingerprint density at radius 3 is 2.70 bits per heavy atom. The summed E-state index contributed by atoms with van der Waals surface area (Å²) in [7, 11) is 1.92. The van der Waals surface area contributed by atoms with Crippen LogP contribution in [0.3, 0.4) is 0 Å². The summed E-state index contributed by atoms with van der Waals surface area (Å²) in [6, 6.07) is 7.93. The predicted molar refractivity (Wildman–Crippen MR) is 83.6 cm³/mol. The topological polar surface area (TPSA) is 53.1 Å². The molecule has 0 unspecified atom stereocenters. The van der Waals surface area contributed by atoms with Gasteiger partial charge < -0.3 is 10.5 Å². The van der Waals surface area contributed by atoms with Gasteiger partial charge in [-0.05, 0) is 35.3 Å². The Morgan fingerprint density at radius 2 is 2.10 bits per heavy atom. The van der Waals surface area contributed by atoms with Crippen LogP contribution in [0.4, 0.5) is 0 Å². The number of nitrogens with zero attached hydrogens (tertiary/aromatic N) is 2. The first-order chi connectivity index (χ1) is 9.54. The van der Waals surface area contributed by atoms with Gasteiger partial charge in [-0.15, -0.1) is 0 Å². The maximum absolute atomic E-state index is 6.12. The Bertz CT molecular complexity index is 595. The van der Waals surface area contributed by atoms with E-state index in [1.165, 1.54) is 0 Å². The van der Waals surface area contributed by atoms with Gasteiger partial charge in [0, 0.05) is 18.7 Å². The maximum Gasteiger partial charge on any atom is 0.131 e. The van der Waals surface area contributed by atoms with Gasteiger partial charge in [0.05, 0.1) is 15.9 Å². The third kappa shape index (κ3) is 3.04. The second-order valence-corrected chi connectivity index (χ2v) is 5.60. The molecule has 0 aliphatic carbocycles. The van der Waals surface area contributed by atoms with E-state index in [1.807, 2.05) is 42.9 Å². The molecular weight excluding hydrogens is 318 g/mol. The van der Waals surface area contributed by atoms with E-state index in [9.17, 15) is 0 Å². The highest BCUT2D eigenvalue weighted by Crippen LogP contribution is 2.27. The van der Waals surface area contributed by atoms with Crippen LogP contribution in [-0.2, 0) is 13.7 Å². The molecule has 0 radical (unpaired) electrons. The fourth-order valence-corrected chi connectivity index (χ4v) is 2.57. The first-order valence-electron chi connectivity index (χ1n) is 6.69. The van der Waals surface area contributed by atoms with Crippen molar-refractivity contribution in [1.82, 2.24) is 9.78 Å². The van der Waals surface area contributed by atoms with E-state index in [-0.39, 0.29) is 6.04 Å². The van der Waals surface area contributed by atoms with Crippen LogP contribution in [0.15, 0.2) is 28.7 Å². The number of nitrogens with two attached hydrogens (primary N) is 1. The molecule has 0 fully saturated rings. The molecule has 0 spiro atoms. The fourth-order valence-electron chi connectivity index (χ4n) is 2.12. The molecule has 0 saturated carbocycles. The summed E-state index contributed by atoms with van der Waals surface area (Å²) >= 11 is 3.55. The Kier molecular flexibility index (Phi) is 4.83. The van der Waals surface area contributed by atoms with Crippen LogP contribution < -0.4 is 10.5 Å². The van der Waals surface area contributed by atoms with Crippen molar-refractivity contribution in [3.05, 3.63) is 45.7 Å². The molecule has 0 bridgehead atoms. The maximum atomic E-state index is 6.12. The minimum absolute atomic E-state index is 0.00270. The van der Waals surface area contributed by atoms with E-state index in [0.29, 0.717) is 6.61 Å². The van der Waals surface area contributed by atoms with Gasteiger partial charge in [0.25, 0.3) is 0 Å². The van der Waals surface area contributed by atoms with Crippen molar-refractivity contribution in [2.24, 2.45) is 12.8 Å². The second-order valence-electron chi connectivity index (χ2n) is 4.81. The zero-order valence-electron chi connectivity index (χ0n) is 12.1. The Morgan fingerprint density at radius 1 is 1.40 bits per heavy atom. The molecule has 0 saturated heterocycles. The number of aryl methyl sites for hydroxylation is 2. The molecule has 2 rings (SSSR count). The number of hydrogen-bond acceptors (Lipinski definition) is 3. The summed E-state index contributed by atoms with van der Waals surface area (Å²) in [5.74, 6) is 0.840. The van der Waals surface area contributed by atoms with Crippen LogP contribution in [-0.4, -0.2) is 9.78 Å². The molecule has 2 N–H and O–H groups in total. The standard InChI is InChI=1S/C15H20BrN3O/c1-4-12(17)11-7-5-6-8-14(11)20-9-13-15(16)10(2)18-19(13)3/h5-8,12H,4,9,17H2,1-3H3/t12-/m1/s1. The largest absolute Gasteiger partial charge is 0.487 e. The lowest BCUT2D eigenvalue weighted by Gasteiger charge is -2.15. The first kappa shape index (κ1) is 15.1. The summed E-state index contributed by atoms with van der Waals surface area (Å²) in [5, 5.41) is 4.36. The number of hydrogen-bond donors (Lipinski definition) is 1. The molecule has 2 aromatic rings. The monoisotopic (exact) mass is 337 g/mol. The third-order valence-electron chi connectivity index (χ3n) is 3.38. The van der Waals surface area contributed by atoms with Gasteiger partial charge in [-0.3, -0.25) is 4.68 Å². The van der Waals surface area contributed by atoms with Gasteiger partial charge in [0.2, 0.25) is 0 Å². The number of rotatable bonds is 5. The highest BCUT2D eigenvalue weighted by Gasteiger charge is 2.14. The zero-order valence-corrected chi connectivity index (χ0v) is 13.6. The van der Waals surface area contributed by atoms with Crippen molar-refractivity contribution in [2.45, 2.75) is 32.9 Å². The fraction of sp³-hybridized carbons (Fsp3) is 0.400. The number of benzene rings is 1. The van der Waals surface area contributed by atoms with E-state index in [0.717, 1.165) is 33.6 Å². The van der Waals surface area contributed by atoms with E-state index in [1.54, 1.807) is 0 Å². The average Bonchev–Trinajstić information content (AvgIpc) is 2.70. The van der Waals surface area contributed by atoms with Gasteiger partial charge in [0.1, 0.15) is 12.4 Å². The molecule has 1 atom stereocenters. The van der Waals surface area contributed by atoms with Crippen LogP contribution in [0, 0.1) is 6.92 Å². The second kappa shape index (κ2) is 6.41. The number of halogens is 1. The minimum Gasteiger partial charge on any atom is -0.487 e. The molecule has 108 valence electrons. The molecule has 1 heterocycles. The van der Waals surface area contributed by atoms with Crippen LogP contribution in [0.1, 0.15) is 36.3 Å². The smallest absolute Gasteiger partial charge is 0.131 e. The molecule has 1 aromatic carbocycles. The normalized spacial score (nSPS) is 12.4. The highest BCUT2D eigenvalue weighted by molar-refractivity contribution is 9.10. The van der Waals surface area contributed by atoms with Gasteiger partial charge >= 0.3 is 0 Å². The Labute approximate surface area is 128 Å². The average molecular weight is 338 g/mol. The number of para-hydroxylation sites is 1. The summed E-state index contributed by atoms with van der Waals surface area (Å²) in [6.45, 7) is 4.50. The van der Waals surface area contributed by atoms with E-state index >= 15 is 0 Å². The van der Waals surface area contributed by atoms with Crippen molar-refractivity contribution in [1.29, 1.82) is 0 Å². The van der Waals surface area contributed by atoms with Gasteiger partial charge in [-0.25, -0.2) is 0 Å².